The van der Waals surface area contributed by atoms with Crippen LogP contribution >= 0.6 is 11.8 Å². The van der Waals surface area contributed by atoms with Gasteiger partial charge in [0.1, 0.15) is 12.0 Å². The predicted octanol–water partition coefficient (Wildman–Crippen LogP) is 2.30. The molecule has 0 aliphatic heterocycles. The van der Waals surface area contributed by atoms with Crippen LogP contribution in [0, 0.1) is 0 Å². The van der Waals surface area contributed by atoms with Crippen molar-refractivity contribution in [1.29, 1.82) is 0 Å². The molecule has 1 heterocycles. The van der Waals surface area contributed by atoms with Gasteiger partial charge in [0.05, 0.1) is 0 Å². The van der Waals surface area contributed by atoms with Crippen molar-refractivity contribution in [2.24, 2.45) is 0 Å². The summed E-state index contributed by atoms with van der Waals surface area (Å²) in [5.41, 5.74) is 1.79. The zero-order chi connectivity index (χ0) is 11.4. The minimum absolute atomic E-state index is 0.743. The van der Waals surface area contributed by atoms with Crippen LogP contribution in [0.15, 0.2) is 35.5 Å². The predicted molar refractivity (Wildman–Crippen MR) is 66.6 cm³/mol. The fraction of sp³-hybridized carbons (Fsp3) is 0.182. The molecule has 16 heavy (non-hydrogen) atoms. The van der Waals surface area contributed by atoms with Gasteiger partial charge >= 0.3 is 0 Å². The third-order valence-electron chi connectivity index (χ3n) is 2.22. The van der Waals surface area contributed by atoms with Crippen LogP contribution in [0.1, 0.15) is 0 Å². The molecular weight excluding hydrogens is 220 g/mol. The van der Waals surface area contributed by atoms with Gasteiger partial charge in [0.25, 0.3) is 0 Å². The van der Waals surface area contributed by atoms with Gasteiger partial charge in [-0.25, -0.2) is 4.98 Å². The van der Waals surface area contributed by atoms with E-state index in [4.69, 9.17) is 0 Å². The zero-order valence-electron chi connectivity index (χ0n) is 9.14. The molecule has 0 atom stereocenters. The first-order valence-corrected chi connectivity index (χ1v) is 6.07. The Morgan fingerprint density at radius 1 is 1.19 bits per heavy atom. The average molecular weight is 232 g/mol. The molecule has 1 N–H and O–H groups in total. The van der Waals surface area contributed by atoms with Crippen molar-refractivity contribution in [2.75, 3.05) is 18.6 Å². The van der Waals surface area contributed by atoms with Crippen LogP contribution in [0.4, 0.5) is 5.82 Å². The van der Waals surface area contributed by atoms with E-state index in [2.05, 4.69) is 38.9 Å². The lowest BCUT2D eigenvalue weighted by atomic mass is 10.1. The molecule has 0 unspecified atom stereocenters. The van der Waals surface area contributed by atoms with E-state index < -0.39 is 0 Å². The van der Waals surface area contributed by atoms with Gasteiger partial charge in [-0.3, -0.25) is 0 Å². The van der Waals surface area contributed by atoms with E-state index in [1.165, 1.54) is 11.2 Å². The molecule has 2 aromatic rings. The topological polar surface area (TPSA) is 50.7 Å². The quantitative estimate of drug-likeness (QED) is 0.823. The van der Waals surface area contributed by atoms with Gasteiger partial charge in [0, 0.05) is 17.5 Å². The van der Waals surface area contributed by atoms with Crippen LogP contribution in [-0.2, 0) is 0 Å². The van der Waals surface area contributed by atoms with E-state index in [9.17, 15) is 0 Å². The Hall–Kier alpha value is -1.62. The summed E-state index contributed by atoms with van der Waals surface area (Å²) in [4.78, 5) is 5.35. The number of aromatic nitrogens is 3. The highest BCUT2D eigenvalue weighted by molar-refractivity contribution is 7.98. The molecule has 0 aliphatic rings. The summed E-state index contributed by atoms with van der Waals surface area (Å²) < 4.78 is 0. The molecule has 0 bridgehead atoms. The molecule has 5 heteroatoms. The van der Waals surface area contributed by atoms with Crippen LogP contribution in [0.2, 0.25) is 0 Å². The molecule has 0 fully saturated rings. The number of thioether (sulfide) groups is 1. The molecule has 1 aromatic carbocycles. The maximum absolute atomic E-state index is 4.13. The SMILES string of the molecule is CNc1ncnnc1-c1ccc(SC)cc1. The van der Waals surface area contributed by atoms with Crippen LogP contribution < -0.4 is 5.32 Å². The molecule has 0 saturated carbocycles. The third-order valence-corrected chi connectivity index (χ3v) is 2.96. The Kier molecular flexibility index (Phi) is 3.36. The Morgan fingerprint density at radius 3 is 2.56 bits per heavy atom. The molecule has 4 nitrogen and oxygen atoms in total. The minimum Gasteiger partial charge on any atom is -0.371 e. The summed E-state index contributed by atoms with van der Waals surface area (Å²) in [7, 11) is 1.82. The first-order valence-electron chi connectivity index (χ1n) is 4.85. The van der Waals surface area contributed by atoms with Crippen LogP contribution in [0.5, 0.6) is 0 Å². The van der Waals surface area contributed by atoms with Gasteiger partial charge < -0.3 is 5.32 Å². The number of hydrogen-bond acceptors (Lipinski definition) is 5. The van der Waals surface area contributed by atoms with Crippen molar-refractivity contribution in [1.82, 2.24) is 15.2 Å². The van der Waals surface area contributed by atoms with Crippen molar-refractivity contribution >= 4 is 17.6 Å². The minimum atomic E-state index is 0.743. The van der Waals surface area contributed by atoms with Gasteiger partial charge in [-0.1, -0.05) is 12.1 Å². The highest BCUT2D eigenvalue weighted by Gasteiger charge is 2.06. The lowest BCUT2D eigenvalue weighted by Crippen LogP contribution is -1.99. The third kappa shape index (κ3) is 2.14. The standard InChI is InChI=1S/C11H12N4S/c1-12-11-10(15-14-7-13-11)8-3-5-9(16-2)6-4-8/h3-7H,1-2H3,(H,12,13,14). The average Bonchev–Trinajstić information content (AvgIpc) is 2.39. The van der Waals surface area contributed by atoms with E-state index in [0.717, 1.165) is 17.1 Å². The fourth-order valence-corrected chi connectivity index (χ4v) is 1.81. The number of hydrogen-bond donors (Lipinski definition) is 1. The number of benzene rings is 1. The fourth-order valence-electron chi connectivity index (χ4n) is 1.40. The van der Waals surface area contributed by atoms with Gasteiger partial charge in [-0.2, -0.15) is 0 Å². The van der Waals surface area contributed by atoms with E-state index in [1.807, 2.05) is 19.2 Å². The number of rotatable bonds is 3. The van der Waals surface area contributed by atoms with Crippen molar-refractivity contribution in [3.8, 4) is 11.3 Å². The molecule has 82 valence electrons. The summed E-state index contributed by atoms with van der Waals surface area (Å²) in [5.74, 6) is 0.743. The summed E-state index contributed by atoms with van der Waals surface area (Å²) in [5, 5.41) is 10.9. The summed E-state index contributed by atoms with van der Waals surface area (Å²) in [6, 6.07) is 8.18. The Balaban J connectivity index is 2.42. The van der Waals surface area contributed by atoms with Crippen LogP contribution in [0.3, 0.4) is 0 Å². The second-order valence-corrected chi connectivity index (χ2v) is 4.02. The van der Waals surface area contributed by atoms with E-state index in [0.29, 0.717) is 0 Å². The van der Waals surface area contributed by atoms with Crippen molar-refractivity contribution < 1.29 is 0 Å². The van der Waals surface area contributed by atoms with Crippen LogP contribution in [-0.4, -0.2) is 28.5 Å². The molecule has 1 aromatic heterocycles. The van der Waals surface area contributed by atoms with Crippen molar-refractivity contribution in [3.05, 3.63) is 30.6 Å². The molecule has 0 aliphatic carbocycles. The Morgan fingerprint density at radius 2 is 1.94 bits per heavy atom. The summed E-state index contributed by atoms with van der Waals surface area (Å²) >= 11 is 1.72. The summed E-state index contributed by atoms with van der Waals surface area (Å²) in [6.45, 7) is 0. The normalized spacial score (nSPS) is 10.1. The molecule has 0 spiro atoms. The van der Waals surface area contributed by atoms with Gasteiger partial charge in [0.2, 0.25) is 0 Å². The molecule has 0 saturated heterocycles. The molecule has 2 rings (SSSR count). The second-order valence-electron chi connectivity index (χ2n) is 3.14. The maximum Gasteiger partial charge on any atom is 0.156 e. The lowest BCUT2D eigenvalue weighted by Gasteiger charge is -2.05. The van der Waals surface area contributed by atoms with Gasteiger partial charge in [-0.15, -0.1) is 22.0 Å². The summed E-state index contributed by atoms with van der Waals surface area (Å²) in [6.07, 6.45) is 3.49. The van der Waals surface area contributed by atoms with Crippen LogP contribution in [0.25, 0.3) is 11.3 Å². The van der Waals surface area contributed by atoms with E-state index in [-0.39, 0.29) is 0 Å². The van der Waals surface area contributed by atoms with Gasteiger partial charge in [0.15, 0.2) is 5.82 Å². The highest BCUT2D eigenvalue weighted by Crippen LogP contribution is 2.24. The first kappa shape index (κ1) is 10.9. The first-order chi connectivity index (χ1) is 7.85. The monoisotopic (exact) mass is 232 g/mol. The zero-order valence-corrected chi connectivity index (χ0v) is 9.95. The van der Waals surface area contributed by atoms with Gasteiger partial charge in [-0.05, 0) is 18.4 Å². The number of nitrogens with zero attached hydrogens (tertiary/aromatic N) is 3. The maximum atomic E-state index is 4.13. The lowest BCUT2D eigenvalue weighted by molar-refractivity contribution is 0.977. The molecule has 0 amide bonds. The smallest absolute Gasteiger partial charge is 0.156 e. The van der Waals surface area contributed by atoms with E-state index >= 15 is 0 Å². The second kappa shape index (κ2) is 4.94. The van der Waals surface area contributed by atoms with E-state index in [1.54, 1.807) is 11.8 Å². The Bertz CT molecular complexity index is 470. The van der Waals surface area contributed by atoms with Crippen molar-refractivity contribution in [2.45, 2.75) is 4.90 Å². The Labute approximate surface area is 98.5 Å². The molecule has 0 radical (unpaired) electrons. The largest absolute Gasteiger partial charge is 0.371 e. The molecular formula is C11H12N4S. The number of nitrogens with one attached hydrogen (secondary N) is 1. The number of anilines is 1. The highest BCUT2D eigenvalue weighted by atomic mass is 32.2. The van der Waals surface area contributed by atoms with Crippen molar-refractivity contribution in [3.63, 3.8) is 0 Å².